The topological polar surface area (TPSA) is 30.9 Å². The van der Waals surface area contributed by atoms with Crippen LogP contribution < -0.4 is 4.74 Å². The average Bonchev–Trinajstić information content (AvgIpc) is 3.21. The van der Waals surface area contributed by atoms with Crippen molar-refractivity contribution >= 4 is 0 Å². The Kier molecular flexibility index (Phi) is 4.32. The second kappa shape index (κ2) is 6.87. The standard InChI is InChI=1S/C30H37NO3/c1-20-10-11-22-16-23-28-12-13-30(32-4,26-29(28,14-15-31(23)3)24(22)25(20)34-26)27(2,18-28)19-33-17-21-8-6-5-7-9-21/h5-11,23,26H,12-19H2,1-4H3/t23-,26-,27-,28-,29+,30?/m1/s1. The van der Waals surface area contributed by atoms with Gasteiger partial charge in [0.25, 0.3) is 0 Å². The van der Waals surface area contributed by atoms with Crippen molar-refractivity contribution in [1.29, 1.82) is 0 Å². The summed E-state index contributed by atoms with van der Waals surface area (Å²) in [5.41, 5.74) is 5.41. The molecule has 0 amide bonds. The summed E-state index contributed by atoms with van der Waals surface area (Å²) in [5.74, 6) is 1.17. The van der Waals surface area contributed by atoms with E-state index in [1.165, 1.54) is 35.3 Å². The lowest BCUT2D eigenvalue weighted by Crippen LogP contribution is -2.83. The molecule has 34 heavy (non-hydrogen) atoms. The zero-order chi connectivity index (χ0) is 23.3. The first kappa shape index (κ1) is 21.4. The number of rotatable bonds is 5. The molecule has 1 unspecified atom stereocenters. The van der Waals surface area contributed by atoms with E-state index in [1.54, 1.807) is 5.56 Å². The predicted molar refractivity (Wildman–Crippen MR) is 132 cm³/mol. The highest BCUT2D eigenvalue weighted by Gasteiger charge is 2.82. The van der Waals surface area contributed by atoms with E-state index in [1.807, 2.05) is 7.11 Å². The van der Waals surface area contributed by atoms with Crippen LogP contribution in [0.5, 0.6) is 5.75 Å². The molecule has 2 heterocycles. The van der Waals surface area contributed by atoms with E-state index in [9.17, 15) is 0 Å². The van der Waals surface area contributed by atoms with E-state index in [2.05, 4.69) is 68.3 Å². The molecule has 0 aromatic heterocycles. The Morgan fingerprint density at radius 2 is 1.91 bits per heavy atom. The molecule has 2 spiro atoms. The maximum Gasteiger partial charge on any atom is 0.139 e. The molecule has 4 aliphatic carbocycles. The number of methoxy groups -OCH3 is 1. The minimum Gasteiger partial charge on any atom is -0.486 e. The van der Waals surface area contributed by atoms with Gasteiger partial charge in [-0.25, -0.2) is 0 Å². The van der Waals surface area contributed by atoms with Gasteiger partial charge in [0.2, 0.25) is 0 Å². The summed E-state index contributed by atoms with van der Waals surface area (Å²) in [6.45, 7) is 7.14. The number of fused-ring (bicyclic) bond motifs is 2. The number of hydrogen-bond acceptors (Lipinski definition) is 4. The molecule has 3 saturated carbocycles. The number of piperidine rings is 1. The van der Waals surface area contributed by atoms with E-state index in [-0.39, 0.29) is 27.9 Å². The third kappa shape index (κ3) is 2.27. The first-order chi connectivity index (χ1) is 16.4. The summed E-state index contributed by atoms with van der Waals surface area (Å²) >= 11 is 0. The predicted octanol–water partition coefficient (Wildman–Crippen LogP) is 5.05. The van der Waals surface area contributed by atoms with Crippen LogP contribution in [0.25, 0.3) is 0 Å². The lowest BCUT2D eigenvalue weighted by atomic mass is 9.32. The fourth-order valence-electron chi connectivity index (χ4n) is 9.54. The summed E-state index contributed by atoms with van der Waals surface area (Å²) in [7, 11) is 4.28. The van der Waals surface area contributed by atoms with Crippen molar-refractivity contribution in [2.45, 2.75) is 75.7 Å². The number of nitrogens with zero attached hydrogens (tertiary/aromatic N) is 1. The molecule has 4 bridgehead atoms. The Morgan fingerprint density at radius 3 is 2.71 bits per heavy atom. The quantitative estimate of drug-likeness (QED) is 0.626. The van der Waals surface area contributed by atoms with Crippen LogP contribution in [-0.4, -0.2) is 50.0 Å². The van der Waals surface area contributed by atoms with E-state index >= 15 is 0 Å². The Bertz CT molecular complexity index is 1150. The maximum absolute atomic E-state index is 7.13. The smallest absolute Gasteiger partial charge is 0.139 e. The molecule has 4 nitrogen and oxygen atoms in total. The second-order valence-electron chi connectivity index (χ2n) is 12.1. The summed E-state index contributed by atoms with van der Waals surface area (Å²) in [6.07, 6.45) is 5.77. The highest BCUT2D eigenvalue weighted by atomic mass is 16.6. The number of likely N-dealkylation sites (N-methyl/N-ethyl adjacent to an activating group) is 1. The van der Waals surface area contributed by atoms with Crippen LogP contribution in [0, 0.1) is 17.8 Å². The van der Waals surface area contributed by atoms with E-state index in [4.69, 9.17) is 14.2 Å². The van der Waals surface area contributed by atoms with E-state index in [0.29, 0.717) is 19.3 Å². The number of ether oxygens (including phenoxy) is 3. The van der Waals surface area contributed by atoms with Gasteiger partial charge in [-0.3, -0.25) is 0 Å². The minimum atomic E-state index is -0.341. The number of likely N-dealkylation sites (tertiary alicyclic amines) is 1. The molecule has 2 aromatic rings. The van der Waals surface area contributed by atoms with Crippen LogP contribution >= 0.6 is 0 Å². The molecular formula is C30H37NO3. The van der Waals surface area contributed by atoms with Gasteiger partial charge in [0.05, 0.1) is 13.2 Å². The van der Waals surface area contributed by atoms with Crippen molar-refractivity contribution in [2.24, 2.45) is 10.8 Å². The normalized spacial score (nSPS) is 41.3. The van der Waals surface area contributed by atoms with Gasteiger partial charge in [0, 0.05) is 35.0 Å². The Labute approximate surface area is 203 Å². The van der Waals surface area contributed by atoms with Crippen molar-refractivity contribution in [3.05, 3.63) is 64.7 Å². The molecule has 6 atom stereocenters. The molecule has 4 fully saturated rings. The van der Waals surface area contributed by atoms with Crippen LogP contribution in [-0.2, 0) is 27.9 Å². The average molecular weight is 460 g/mol. The van der Waals surface area contributed by atoms with Gasteiger partial charge in [-0.15, -0.1) is 0 Å². The molecule has 2 aliphatic heterocycles. The summed E-state index contributed by atoms with van der Waals surface area (Å²) in [6, 6.07) is 15.8. The van der Waals surface area contributed by atoms with Gasteiger partial charge < -0.3 is 19.1 Å². The van der Waals surface area contributed by atoms with Crippen molar-refractivity contribution in [2.75, 3.05) is 27.3 Å². The molecule has 0 radical (unpaired) electrons. The fourth-order valence-corrected chi connectivity index (χ4v) is 9.54. The third-order valence-electron chi connectivity index (χ3n) is 10.9. The molecule has 180 valence electrons. The minimum absolute atomic E-state index is 0.0594. The van der Waals surface area contributed by atoms with Crippen molar-refractivity contribution < 1.29 is 14.2 Å². The Balaban J connectivity index is 1.36. The molecule has 6 aliphatic rings. The molecule has 2 aromatic carbocycles. The zero-order valence-corrected chi connectivity index (χ0v) is 21.0. The molecular weight excluding hydrogens is 422 g/mol. The Hall–Kier alpha value is -1.88. The van der Waals surface area contributed by atoms with Crippen LogP contribution in [0.2, 0.25) is 0 Å². The zero-order valence-electron chi connectivity index (χ0n) is 21.0. The largest absolute Gasteiger partial charge is 0.486 e. The van der Waals surface area contributed by atoms with Crippen LogP contribution in [0.15, 0.2) is 42.5 Å². The van der Waals surface area contributed by atoms with Crippen molar-refractivity contribution in [1.82, 2.24) is 4.90 Å². The van der Waals surface area contributed by atoms with Gasteiger partial charge in [-0.1, -0.05) is 49.4 Å². The van der Waals surface area contributed by atoms with Gasteiger partial charge in [0.15, 0.2) is 0 Å². The van der Waals surface area contributed by atoms with Gasteiger partial charge in [-0.2, -0.15) is 0 Å². The summed E-state index contributed by atoms with van der Waals surface area (Å²) in [4.78, 5) is 2.67. The third-order valence-corrected chi connectivity index (χ3v) is 10.9. The lowest BCUT2D eigenvalue weighted by Gasteiger charge is -2.76. The fraction of sp³-hybridized carbons (Fsp3) is 0.600. The highest BCUT2D eigenvalue weighted by Crippen LogP contribution is 2.78. The summed E-state index contributed by atoms with van der Waals surface area (Å²) < 4.78 is 20.3. The SMILES string of the molecule is COC12CC[C@@]3(C[C@]1(C)COCc1ccccc1)[C@H]1Cc4ccc(C)c5c4[C@@]3(CCN1C)[C@H]2O5. The second-order valence-corrected chi connectivity index (χ2v) is 12.1. The first-order valence-corrected chi connectivity index (χ1v) is 13.1. The van der Waals surface area contributed by atoms with Gasteiger partial charge in [0.1, 0.15) is 17.5 Å². The van der Waals surface area contributed by atoms with Gasteiger partial charge in [-0.05, 0) is 69.3 Å². The Morgan fingerprint density at radius 1 is 1.09 bits per heavy atom. The molecule has 0 N–H and O–H groups in total. The molecule has 8 rings (SSSR count). The van der Waals surface area contributed by atoms with Crippen LogP contribution in [0.1, 0.15) is 54.9 Å². The van der Waals surface area contributed by atoms with E-state index < -0.39 is 0 Å². The number of aryl methyl sites for hydroxylation is 1. The van der Waals surface area contributed by atoms with Gasteiger partial charge >= 0.3 is 0 Å². The van der Waals surface area contributed by atoms with Crippen LogP contribution in [0.3, 0.4) is 0 Å². The van der Waals surface area contributed by atoms with Crippen LogP contribution in [0.4, 0.5) is 0 Å². The van der Waals surface area contributed by atoms with Crippen molar-refractivity contribution in [3.63, 3.8) is 0 Å². The lowest BCUT2D eigenvalue weighted by molar-refractivity contribution is -0.313. The number of hydrogen-bond donors (Lipinski definition) is 0. The van der Waals surface area contributed by atoms with E-state index in [0.717, 1.165) is 25.8 Å². The number of benzene rings is 2. The first-order valence-electron chi connectivity index (χ1n) is 13.1. The highest BCUT2D eigenvalue weighted by molar-refractivity contribution is 5.61. The molecule has 4 heteroatoms. The van der Waals surface area contributed by atoms with Crippen molar-refractivity contribution in [3.8, 4) is 5.75 Å². The molecule has 1 saturated heterocycles. The summed E-state index contributed by atoms with van der Waals surface area (Å²) in [5, 5.41) is 0. The monoisotopic (exact) mass is 459 g/mol. The maximum atomic E-state index is 7.13.